The summed E-state index contributed by atoms with van der Waals surface area (Å²) in [4.78, 5) is 36.3. The second-order valence-corrected chi connectivity index (χ2v) is 9.35. The largest absolute Gasteiger partial charge is 0.474 e. The van der Waals surface area contributed by atoms with Crippen LogP contribution in [0.3, 0.4) is 0 Å². The summed E-state index contributed by atoms with van der Waals surface area (Å²) < 4.78 is 24.0. The Morgan fingerprint density at radius 3 is 2.42 bits per heavy atom. The molecule has 0 fully saturated rings. The van der Waals surface area contributed by atoms with Gasteiger partial charge in [-0.05, 0) is 44.0 Å². The molecule has 4 aromatic rings. The third-order valence-electron chi connectivity index (χ3n) is 6.78. The fourth-order valence-electron chi connectivity index (χ4n) is 4.83. The van der Waals surface area contributed by atoms with E-state index in [9.17, 15) is 19.1 Å². The van der Waals surface area contributed by atoms with Gasteiger partial charge >= 0.3 is 5.69 Å². The molecule has 3 aromatic heterocycles. The van der Waals surface area contributed by atoms with Gasteiger partial charge in [-0.2, -0.15) is 0 Å². The highest BCUT2D eigenvalue weighted by Crippen LogP contribution is 2.28. The molecule has 1 aliphatic carbocycles. The maximum atomic E-state index is 13.7. The zero-order valence-corrected chi connectivity index (χ0v) is 21.4. The molecule has 1 aliphatic rings. The number of imidazole rings is 1. The number of aryl methyl sites for hydroxylation is 2. The first kappa shape index (κ1) is 25.6. The average molecular weight is 520 g/mol. The Bertz CT molecular complexity index is 1610. The lowest BCUT2D eigenvalue weighted by Crippen LogP contribution is -2.40. The van der Waals surface area contributed by atoms with Crippen molar-refractivity contribution < 1.29 is 14.2 Å². The van der Waals surface area contributed by atoms with Crippen molar-refractivity contribution in [3.05, 3.63) is 86.5 Å². The fraction of sp³-hybridized carbons (Fsp3) is 0.357. The van der Waals surface area contributed by atoms with Gasteiger partial charge in [0.15, 0.2) is 11.2 Å². The molecule has 0 unspecified atom stereocenters. The molecule has 0 spiro atoms. The Kier molecular flexibility index (Phi) is 7.24. The summed E-state index contributed by atoms with van der Waals surface area (Å²) in [5, 5.41) is 9.32. The highest BCUT2D eigenvalue weighted by Gasteiger charge is 2.24. The Morgan fingerprint density at radius 1 is 1.03 bits per heavy atom. The van der Waals surface area contributed by atoms with Crippen LogP contribution in [0.1, 0.15) is 37.4 Å². The van der Waals surface area contributed by atoms with Gasteiger partial charge in [0.2, 0.25) is 5.88 Å². The van der Waals surface area contributed by atoms with Gasteiger partial charge in [-0.3, -0.25) is 13.9 Å². The van der Waals surface area contributed by atoms with Crippen LogP contribution in [0.2, 0.25) is 0 Å². The van der Waals surface area contributed by atoms with Gasteiger partial charge in [-0.15, -0.1) is 0 Å². The summed E-state index contributed by atoms with van der Waals surface area (Å²) in [6.07, 6.45) is 6.19. The number of hydrogen-bond acceptors (Lipinski definition) is 6. The Balaban J connectivity index is 1.70. The van der Waals surface area contributed by atoms with Crippen molar-refractivity contribution in [2.45, 2.75) is 58.8 Å². The van der Waals surface area contributed by atoms with E-state index in [2.05, 4.69) is 17.1 Å². The Morgan fingerprint density at radius 2 is 1.76 bits per heavy atom. The van der Waals surface area contributed by atoms with E-state index in [1.165, 1.54) is 16.7 Å². The minimum Gasteiger partial charge on any atom is -0.474 e. The average Bonchev–Trinajstić information content (AvgIpc) is 3.54. The third kappa shape index (κ3) is 4.79. The van der Waals surface area contributed by atoms with Gasteiger partial charge in [0.05, 0.1) is 5.69 Å². The number of pyridine rings is 1. The molecule has 3 heterocycles. The van der Waals surface area contributed by atoms with E-state index in [0.717, 1.165) is 23.0 Å². The molecular weight excluding hydrogens is 489 g/mol. The molecule has 0 radical (unpaired) electrons. The Labute approximate surface area is 218 Å². The maximum absolute atomic E-state index is 13.7. The quantitative estimate of drug-likeness (QED) is 0.340. The molecule has 1 aromatic carbocycles. The van der Waals surface area contributed by atoms with Crippen molar-refractivity contribution in [3.8, 4) is 17.3 Å². The zero-order chi connectivity index (χ0) is 26.8. The number of benzene rings is 1. The number of hydrogen-bond donors (Lipinski definition) is 1. The normalized spacial score (nSPS) is 13.6. The van der Waals surface area contributed by atoms with Gasteiger partial charge in [-0.1, -0.05) is 24.3 Å². The number of rotatable bonds is 9. The van der Waals surface area contributed by atoms with Crippen molar-refractivity contribution in [3.63, 3.8) is 0 Å². The van der Waals surface area contributed by atoms with Gasteiger partial charge in [0, 0.05) is 50.7 Å². The molecule has 38 heavy (non-hydrogen) atoms. The monoisotopic (exact) mass is 519 g/mol. The summed E-state index contributed by atoms with van der Waals surface area (Å²) in [5.74, 6) is 0.628. The number of fused-ring (bicyclic) bond motifs is 1. The highest BCUT2D eigenvalue weighted by molar-refractivity contribution is 5.78. The number of aliphatic hydroxyl groups is 1. The first-order chi connectivity index (χ1) is 18.4. The smallest absolute Gasteiger partial charge is 0.332 e. The van der Waals surface area contributed by atoms with Gasteiger partial charge in [0.1, 0.15) is 17.7 Å². The van der Waals surface area contributed by atoms with Crippen LogP contribution in [0.25, 0.3) is 22.6 Å². The van der Waals surface area contributed by atoms with Crippen LogP contribution in [0.4, 0.5) is 4.39 Å². The fourth-order valence-corrected chi connectivity index (χ4v) is 4.83. The lowest BCUT2D eigenvalue weighted by atomic mass is 10.1. The van der Waals surface area contributed by atoms with Crippen LogP contribution in [0, 0.1) is 12.7 Å². The van der Waals surface area contributed by atoms with E-state index in [4.69, 9.17) is 9.72 Å². The number of ether oxygens (including phenoxy) is 1. The SMILES string of the molecule is CCn1c(=O)n(CCCO)c(=O)c2c1nc(-c1ccc(OC3CC=CC3)nc1C)n2Cc1ccc(F)cc1. The molecule has 10 heteroatoms. The predicted molar refractivity (Wildman–Crippen MR) is 142 cm³/mol. The number of halogens is 1. The summed E-state index contributed by atoms with van der Waals surface area (Å²) in [5.41, 5.74) is 1.70. The summed E-state index contributed by atoms with van der Waals surface area (Å²) >= 11 is 0. The van der Waals surface area contributed by atoms with Crippen molar-refractivity contribution >= 4 is 11.2 Å². The van der Waals surface area contributed by atoms with Gasteiger partial charge in [0.25, 0.3) is 5.56 Å². The van der Waals surface area contributed by atoms with Crippen molar-refractivity contribution in [2.24, 2.45) is 0 Å². The summed E-state index contributed by atoms with van der Waals surface area (Å²) in [6, 6.07) is 9.69. The third-order valence-corrected chi connectivity index (χ3v) is 6.78. The molecule has 5 rings (SSSR count). The molecule has 0 bridgehead atoms. The second kappa shape index (κ2) is 10.7. The molecular formula is C28H30FN5O4. The summed E-state index contributed by atoms with van der Waals surface area (Å²) in [7, 11) is 0. The molecule has 9 nitrogen and oxygen atoms in total. The first-order valence-corrected chi connectivity index (χ1v) is 12.8. The van der Waals surface area contributed by atoms with Crippen LogP contribution >= 0.6 is 0 Å². The zero-order valence-electron chi connectivity index (χ0n) is 21.4. The van der Waals surface area contributed by atoms with E-state index in [1.54, 1.807) is 22.8 Å². The molecule has 198 valence electrons. The van der Waals surface area contributed by atoms with Gasteiger partial charge < -0.3 is 14.4 Å². The molecule has 0 saturated heterocycles. The lowest BCUT2D eigenvalue weighted by molar-refractivity contribution is 0.207. The molecule has 0 aliphatic heterocycles. The summed E-state index contributed by atoms with van der Waals surface area (Å²) in [6.45, 7) is 4.15. The first-order valence-electron chi connectivity index (χ1n) is 12.8. The Hall–Kier alpha value is -4.05. The minimum atomic E-state index is -0.483. The molecule has 1 N–H and O–H groups in total. The van der Waals surface area contributed by atoms with Crippen LogP contribution in [0.5, 0.6) is 5.88 Å². The van der Waals surface area contributed by atoms with Crippen LogP contribution < -0.4 is 16.0 Å². The van der Waals surface area contributed by atoms with Crippen LogP contribution in [-0.2, 0) is 19.6 Å². The molecule has 0 saturated carbocycles. The highest BCUT2D eigenvalue weighted by atomic mass is 19.1. The molecule has 0 atom stereocenters. The predicted octanol–water partition coefficient (Wildman–Crippen LogP) is 3.42. The molecule has 0 amide bonds. The van der Waals surface area contributed by atoms with Gasteiger partial charge in [-0.25, -0.2) is 19.2 Å². The number of aromatic nitrogens is 5. The number of aliphatic hydroxyl groups excluding tert-OH is 1. The van der Waals surface area contributed by atoms with E-state index < -0.39 is 11.2 Å². The van der Waals surface area contributed by atoms with E-state index in [1.807, 2.05) is 19.9 Å². The van der Waals surface area contributed by atoms with Crippen molar-refractivity contribution in [1.82, 2.24) is 23.7 Å². The topological polar surface area (TPSA) is 104 Å². The van der Waals surface area contributed by atoms with E-state index in [-0.39, 0.29) is 49.2 Å². The minimum absolute atomic E-state index is 0.0622. The lowest BCUT2D eigenvalue weighted by Gasteiger charge is -2.15. The van der Waals surface area contributed by atoms with Crippen LogP contribution in [-0.4, -0.2) is 41.5 Å². The number of nitrogens with zero attached hydrogens (tertiary/aromatic N) is 5. The van der Waals surface area contributed by atoms with Crippen LogP contribution in [0.15, 0.2) is 58.1 Å². The second-order valence-electron chi connectivity index (χ2n) is 9.35. The van der Waals surface area contributed by atoms with E-state index in [0.29, 0.717) is 29.5 Å². The van der Waals surface area contributed by atoms with Crippen molar-refractivity contribution in [1.29, 1.82) is 0 Å². The van der Waals surface area contributed by atoms with E-state index >= 15 is 0 Å². The standard InChI is InChI=1S/C28H30FN5O4/c1-3-32-26-24(27(36)33(28(32)37)15-6-16-35)34(17-19-9-11-20(29)12-10-19)25(31-26)22-13-14-23(30-18(22)2)38-21-7-4-5-8-21/h4-5,9-14,21,35H,3,6-8,15-17H2,1-2H3. The maximum Gasteiger partial charge on any atom is 0.332 e. The van der Waals surface area contributed by atoms with Crippen molar-refractivity contribution in [2.75, 3.05) is 6.61 Å².